The van der Waals surface area contributed by atoms with Gasteiger partial charge in [0.1, 0.15) is 6.61 Å². The number of piperidine rings is 1. The molecule has 1 aliphatic heterocycles. The molecule has 1 unspecified atom stereocenters. The summed E-state index contributed by atoms with van der Waals surface area (Å²) in [6, 6.07) is 0. The van der Waals surface area contributed by atoms with Crippen LogP contribution in [0, 0.1) is 11.8 Å². The summed E-state index contributed by atoms with van der Waals surface area (Å²) in [5.74, 6) is -0.587. The zero-order valence-electron chi connectivity index (χ0n) is 13.1. The maximum Gasteiger partial charge on any atom is 0.303 e. The Balaban J connectivity index is 2.23. The largest absolute Gasteiger partial charge is 0.481 e. The number of carbonyl (C=O) groups is 2. The van der Waals surface area contributed by atoms with Crippen molar-refractivity contribution in [3.05, 3.63) is 0 Å². The molecule has 0 aromatic rings. The fourth-order valence-electron chi connectivity index (χ4n) is 2.62. The molecule has 0 saturated carbocycles. The van der Waals surface area contributed by atoms with Gasteiger partial charge in [-0.2, -0.15) is 0 Å². The molecule has 0 radical (unpaired) electrons. The summed E-state index contributed by atoms with van der Waals surface area (Å²) in [4.78, 5) is 22.6. The zero-order chi connectivity index (χ0) is 15.7. The number of aliphatic carboxylic acids is 1. The molecule has 1 aliphatic rings. The van der Waals surface area contributed by atoms with Gasteiger partial charge in [0.25, 0.3) is 0 Å². The molecule has 1 rings (SSSR count). The molecule has 1 heterocycles. The molecule has 0 aromatic heterocycles. The van der Waals surface area contributed by atoms with E-state index in [1.54, 1.807) is 0 Å². The summed E-state index contributed by atoms with van der Waals surface area (Å²) in [6.07, 6.45) is 2.90. The molecule has 3 N–H and O–H groups in total. The van der Waals surface area contributed by atoms with E-state index in [0.29, 0.717) is 12.5 Å². The van der Waals surface area contributed by atoms with Crippen LogP contribution in [0.4, 0.5) is 0 Å². The summed E-state index contributed by atoms with van der Waals surface area (Å²) in [5.41, 5.74) is 0. The van der Waals surface area contributed by atoms with Crippen molar-refractivity contribution in [1.82, 2.24) is 10.6 Å². The van der Waals surface area contributed by atoms with E-state index in [1.807, 2.05) is 0 Å². The van der Waals surface area contributed by atoms with Crippen LogP contribution in [0.3, 0.4) is 0 Å². The molecule has 1 fully saturated rings. The lowest BCUT2D eigenvalue weighted by molar-refractivity contribution is -0.138. The Hall–Kier alpha value is -1.14. The first kappa shape index (κ1) is 17.9. The van der Waals surface area contributed by atoms with Crippen LogP contribution in [0.1, 0.15) is 39.5 Å². The minimum absolute atomic E-state index is 0.0228. The second kappa shape index (κ2) is 9.73. The van der Waals surface area contributed by atoms with Crippen molar-refractivity contribution in [3.63, 3.8) is 0 Å². The van der Waals surface area contributed by atoms with E-state index in [9.17, 15) is 9.59 Å². The minimum Gasteiger partial charge on any atom is -0.481 e. The number of amides is 1. The highest BCUT2D eigenvalue weighted by Crippen LogP contribution is 2.14. The Kier molecular flexibility index (Phi) is 8.30. The number of carboxylic acid groups (broad SMARTS) is 1. The minimum atomic E-state index is -0.819. The van der Waals surface area contributed by atoms with Gasteiger partial charge in [-0.1, -0.05) is 13.8 Å². The van der Waals surface area contributed by atoms with Crippen molar-refractivity contribution in [2.24, 2.45) is 11.8 Å². The van der Waals surface area contributed by atoms with Crippen LogP contribution in [0.5, 0.6) is 0 Å². The number of carboxylic acids is 1. The summed E-state index contributed by atoms with van der Waals surface area (Å²) in [6.45, 7) is 6.43. The first-order chi connectivity index (χ1) is 9.97. The molecule has 1 amide bonds. The van der Waals surface area contributed by atoms with E-state index in [1.165, 1.54) is 0 Å². The highest BCUT2D eigenvalue weighted by molar-refractivity contribution is 5.77. The van der Waals surface area contributed by atoms with Crippen molar-refractivity contribution in [2.75, 3.05) is 26.2 Å². The van der Waals surface area contributed by atoms with E-state index in [0.717, 1.165) is 32.4 Å². The summed E-state index contributed by atoms with van der Waals surface area (Å²) in [5, 5.41) is 14.9. The van der Waals surface area contributed by atoms with E-state index >= 15 is 0 Å². The monoisotopic (exact) mass is 300 g/mol. The van der Waals surface area contributed by atoms with Gasteiger partial charge in [0.15, 0.2) is 0 Å². The molecule has 1 atom stereocenters. The van der Waals surface area contributed by atoms with Gasteiger partial charge in [-0.25, -0.2) is 0 Å². The highest BCUT2D eigenvalue weighted by Gasteiger charge is 2.18. The molecule has 6 heteroatoms. The predicted molar refractivity (Wildman–Crippen MR) is 80.1 cm³/mol. The molecule has 6 nitrogen and oxygen atoms in total. The standard InChI is InChI=1S/C15H28N2O4/c1-11(2)7-12(8-15(19)20)9-17-14(18)10-21-13-3-5-16-6-4-13/h11-13,16H,3-10H2,1-2H3,(H,17,18)(H,19,20). The topological polar surface area (TPSA) is 87.7 Å². The summed E-state index contributed by atoms with van der Waals surface area (Å²) >= 11 is 0. The number of carbonyl (C=O) groups excluding carboxylic acids is 1. The molecule has 0 aliphatic carbocycles. The number of ether oxygens (including phenoxy) is 1. The van der Waals surface area contributed by atoms with Gasteiger partial charge in [0.2, 0.25) is 5.91 Å². The summed E-state index contributed by atoms with van der Waals surface area (Å²) < 4.78 is 5.57. The van der Waals surface area contributed by atoms with Crippen LogP contribution in [-0.2, 0) is 14.3 Å². The van der Waals surface area contributed by atoms with Gasteiger partial charge in [0, 0.05) is 13.0 Å². The van der Waals surface area contributed by atoms with Crippen molar-refractivity contribution >= 4 is 11.9 Å². The SMILES string of the molecule is CC(C)CC(CNC(=O)COC1CCNCC1)CC(=O)O. The lowest BCUT2D eigenvalue weighted by atomic mass is 9.94. The Morgan fingerprint density at radius 3 is 2.57 bits per heavy atom. The maximum atomic E-state index is 11.8. The van der Waals surface area contributed by atoms with E-state index in [2.05, 4.69) is 24.5 Å². The van der Waals surface area contributed by atoms with Crippen LogP contribution in [0.2, 0.25) is 0 Å². The molecular weight excluding hydrogens is 272 g/mol. The number of nitrogens with one attached hydrogen (secondary N) is 2. The van der Waals surface area contributed by atoms with Gasteiger partial charge < -0.3 is 20.5 Å². The van der Waals surface area contributed by atoms with Gasteiger partial charge in [-0.3, -0.25) is 9.59 Å². The van der Waals surface area contributed by atoms with Crippen molar-refractivity contribution in [3.8, 4) is 0 Å². The predicted octanol–water partition coefficient (Wildman–Crippen LogP) is 1.01. The fourth-order valence-corrected chi connectivity index (χ4v) is 2.62. The molecule has 122 valence electrons. The lowest BCUT2D eigenvalue weighted by Crippen LogP contribution is -2.37. The smallest absolute Gasteiger partial charge is 0.303 e. The molecule has 0 bridgehead atoms. The van der Waals surface area contributed by atoms with Gasteiger partial charge >= 0.3 is 5.97 Å². The summed E-state index contributed by atoms with van der Waals surface area (Å²) in [7, 11) is 0. The number of hydrogen-bond donors (Lipinski definition) is 3. The Morgan fingerprint density at radius 1 is 1.33 bits per heavy atom. The van der Waals surface area contributed by atoms with Gasteiger partial charge in [-0.05, 0) is 44.2 Å². The molecular formula is C15H28N2O4. The average molecular weight is 300 g/mol. The van der Waals surface area contributed by atoms with E-state index < -0.39 is 5.97 Å². The third-order valence-electron chi connectivity index (χ3n) is 3.59. The zero-order valence-corrected chi connectivity index (χ0v) is 13.1. The molecule has 0 aromatic carbocycles. The lowest BCUT2D eigenvalue weighted by Gasteiger charge is -2.23. The van der Waals surface area contributed by atoms with Crippen LogP contribution >= 0.6 is 0 Å². The Labute approximate surface area is 126 Å². The van der Waals surface area contributed by atoms with Crippen molar-refractivity contribution in [1.29, 1.82) is 0 Å². The molecule has 0 spiro atoms. The third-order valence-corrected chi connectivity index (χ3v) is 3.59. The molecule has 1 saturated heterocycles. The highest BCUT2D eigenvalue weighted by atomic mass is 16.5. The fraction of sp³-hybridized carbons (Fsp3) is 0.867. The quantitative estimate of drug-likeness (QED) is 0.591. The van der Waals surface area contributed by atoms with Gasteiger partial charge in [-0.15, -0.1) is 0 Å². The van der Waals surface area contributed by atoms with Crippen molar-refractivity contribution in [2.45, 2.75) is 45.6 Å². The van der Waals surface area contributed by atoms with Crippen LogP contribution < -0.4 is 10.6 Å². The van der Waals surface area contributed by atoms with Crippen LogP contribution in [0.25, 0.3) is 0 Å². The van der Waals surface area contributed by atoms with Crippen LogP contribution in [-0.4, -0.2) is 49.3 Å². The first-order valence-corrected chi connectivity index (χ1v) is 7.78. The van der Waals surface area contributed by atoms with E-state index in [-0.39, 0.29) is 31.0 Å². The number of rotatable bonds is 9. The third kappa shape index (κ3) is 8.67. The van der Waals surface area contributed by atoms with Gasteiger partial charge in [0.05, 0.1) is 6.10 Å². The first-order valence-electron chi connectivity index (χ1n) is 7.78. The Morgan fingerprint density at radius 2 is 2.00 bits per heavy atom. The average Bonchev–Trinajstić information content (AvgIpc) is 2.42. The normalized spacial score (nSPS) is 17.7. The van der Waals surface area contributed by atoms with Crippen molar-refractivity contribution < 1.29 is 19.4 Å². The van der Waals surface area contributed by atoms with Crippen LogP contribution in [0.15, 0.2) is 0 Å². The second-order valence-electron chi connectivity index (χ2n) is 6.16. The molecule has 21 heavy (non-hydrogen) atoms. The Bertz CT molecular complexity index is 328. The maximum absolute atomic E-state index is 11.8. The number of hydrogen-bond acceptors (Lipinski definition) is 4. The second-order valence-corrected chi connectivity index (χ2v) is 6.16. The van der Waals surface area contributed by atoms with E-state index in [4.69, 9.17) is 9.84 Å².